The predicted octanol–water partition coefficient (Wildman–Crippen LogP) is 6.58. The second-order valence-electron chi connectivity index (χ2n) is 11.8. The van der Waals surface area contributed by atoms with Gasteiger partial charge in [-0.1, -0.05) is 31.5 Å². The fraction of sp³-hybridized carbons (Fsp3) is 0.643. The van der Waals surface area contributed by atoms with E-state index in [1.54, 1.807) is 11.9 Å². The average Bonchev–Trinajstić information content (AvgIpc) is 3.14. The van der Waals surface area contributed by atoms with Gasteiger partial charge in [0, 0.05) is 47.7 Å². The van der Waals surface area contributed by atoms with Gasteiger partial charge in [-0.3, -0.25) is 4.79 Å². The maximum atomic E-state index is 13.7. The Morgan fingerprint density at radius 3 is 2.51 bits per heavy atom. The fourth-order valence-corrected chi connectivity index (χ4v) is 6.04. The molecule has 6 nitrogen and oxygen atoms in total. The number of hydrogen-bond donors (Lipinski definition) is 1. The van der Waals surface area contributed by atoms with Crippen molar-refractivity contribution in [1.82, 2.24) is 14.8 Å². The molecule has 1 aliphatic heterocycles. The summed E-state index contributed by atoms with van der Waals surface area (Å²) in [4.78, 5) is 33.5. The molecule has 1 atom stereocenters. The zero-order chi connectivity index (χ0) is 25.5. The molecule has 0 radical (unpaired) electrons. The van der Waals surface area contributed by atoms with Gasteiger partial charge in [0.15, 0.2) is 0 Å². The lowest BCUT2D eigenvalue weighted by molar-refractivity contribution is -0.141. The summed E-state index contributed by atoms with van der Waals surface area (Å²) in [6.45, 7) is 11.5. The highest BCUT2D eigenvalue weighted by atomic mass is 35.5. The van der Waals surface area contributed by atoms with Crippen molar-refractivity contribution in [1.29, 1.82) is 0 Å². The second-order valence-corrected chi connectivity index (χ2v) is 12.2. The van der Waals surface area contributed by atoms with E-state index < -0.39 is 5.60 Å². The zero-order valence-electron chi connectivity index (χ0n) is 22.0. The first kappa shape index (κ1) is 25.9. The number of amides is 2. The van der Waals surface area contributed by atoms with Gasteiger partial charge in [0.2, 0.25) is 5.91 Å². The van der Waals surface area contributed by atoms with Crippen molar-refractivity contribution in [3.05, 3.63) is 34.5 Å². The number of fused-ring (bicyclic) bond motifs is 3. The molecule has 0 saturated heterocycles. The molecule has 2 heterocycles. The van der Waals surface area contributed by atoms with Gasteiger partial charge in [0.1, 0.15) is 5.60 Å². The third kappa shape index (κ3) is 5.63. The summed E-state index contributed by atoms with van der Waals surface area (Å²) in [6, 6.07) is 6.07. The molecular weight excluding hydrogens is 462 g/mol. The third-order valence-electron chi connectivity index (χ3n) is 7.48. The van der Waals surface area contributed by atoms with E-state index in [0.29, 0.717) is 18.4 Å². The average molecular weight is 502 g/mol. The predicted molar refractivity (Wildman–Crippen MR) is 141 cm³/mol. The molecule has 2 amide bonds. The number of rotatable bonds is 4. The van der Waals surface area contributed by atoms with Crippen LogP contribution in [0.15, 0.2) is 18.2 Å². The number of aromatic amines is 1. The van der Waals surface area contributed by atoms with Crippen molar-refractivity contribution in [3.63, 3.8) is 0 Å². The fourth-order valence-electron chi connectivity index (χ4n) is 5.87. The lowest BCUT2D eigenvalue weighted by Crippen LogP contribution is -2.46. The van der Waals surface area contributed by atoms with Crippen LogP contribution in [0.25, 0.3) is 10.9 Å². The SMILES string of the molecule is CC(C)C1c2[nH]c3cc(Cl)ccc3c2CCN1C(=O)C1CCC(CN(C)C(=O)OC(C)(C)C)CC1. The van der Waals surface area contributed by atoms with E-state index in [0.717, 1.165) is 49.2 Å². The Kier molecular flexibility index (Phi) is 7.42. The van der Waals surface area contributed by atoms with E-state index in [2.05, 4.69) is 29.8 Å². The largest absolute Gasteiger partial charge is 0.444 e. The number of H-pyrrole nitrogens is 1. The molecule has 2 aromatic rings. The maximum Gasteiger partial charge on any atom is 0.410 e. The number of carbonyl (C=O) groups is 2. The van der Waals surface area contributed by atoms with Gasteiger partial charge < -0.3 is 19.5 Å². The Labute approximate surface area is 214 Å². The van der Waals surface area contributed by atoms with Crippen molar-refractivity contribution in [2.45, 2.75) is 78.4 Å². The first-order valence-corrected chi connectivity index (χ1v) is 13.4. The van der Waals surface area contributed by atoms with Crippen LogP contribution < -0.4 is 0 Å². The summed E-state index contributed by atoms with van der Waals surface area (Å²) < 4.78 is 5.49. The molecule has 1 aliphatic carbocycles. The topological polar surface area (TPSA) is 65.6 Å². The molecule has 1 N–H and O–H groups in total. The van der Waals surface area contributed by atoms with Crippen LogP contribution in [-0.4, -0.2) is 52.5 Å². The summed E-state index contributed by atoms with van der Waals surface area (Å²) in [7, 11) is 1.80. The van der Waals surface area contributed by atoms with Crippen LogP contribution in [0.1, 0.15) is 77.6 Å². The van der Waals surface area contributed by atoms with E-state index in [4.69, 9.17) is 16.3 Å². The van der Waals surface area contributed by atoms with Crippen LogP contribution in [0.5, 0.6) is 0 Å². The minimum atomic E-state index is -0.492. The number of carbonyl (C=O) groups excluding carboxylic acids is 2. The van der Waals surface area contributed by atoms with Crippen molar-refractivity contribution in [2.24, 2.45) is 17.8 Å². The van der Waals surface area contributed by atoms with Crippen LogP contribution in [0.4, 0.5) is 4.79 Å². The Morgan fingerprint density at radius 2 is 1.89 bits per heavy atom. The van der Waals surface area contributed by atoms with E-state index in [9.17, 15) is 9.59 Å². The maximum absolute atomic E-state index is 13.7. The standard InChI is InChI=1S/C28H40ClN3O3/c1-17(2)25-24-22(21-12-11-20(29)15-23(21)30-24)13-14-32(25)26(33)19-9-7-18(8-10-19)16-31(6)27(34)35-28(3,4)5/h11-12,15,17-19,25,30H,7-10,13-14,16H2,1-6H3. The molecule has 0 spiro atoms. The molecule has 192 valence electrons. The van der Waals surface area contributed by atoms with Gasteiger partial charge >= 0.3 is 6.09 Å². The van der Waals surface area contributed by atoms with Gasteiger partial charge in [0.05, 0.1) is 6.04 Å². The third-order valence-corrected chi connectivity index (χ3v) is 7.72. The zero-order valence-corrected chi connectivity index (χ0v) is 22.7. The summed E-state index contributed by atoms with van der Waals surface area (Å²) in [5.74, 6) is 1.05. The van der Waals surface area contributed by atoms with Crippen molar-refractivity contribution < 1.29 is 14.3 Å². The highest BCUT2D eigenvalue weighted by Gasteiger charge is 2.39. The second kappa shape index (κ2) is 10.0. The number of benzene rings is 1. The smallest absolute Gasteiger partial charge is 0.410 e. The summed E-state index contributed by atoms with van der Waals surface area (Å²) in [5, 5.41) is 1.94. The Hall–Kier alpha value is -2.21. The Bertz CT molecular complexity index is 1080. The molecule has 0 bridgehead atoms. The van der Waals surface area contributed by atoms with Crippen LogP contribution in [0.3, 0.4) is 0 Å². The molecule has 1 fully saturated rings. The van der Waals surface area contributed by atoms with Gasteiger partial charge in [-0.05, 0) is 82.4 Å². The summed E-state index contributed by atoms with van der Waals surface area (Å²) in [6.07, 6.45) is 4.26. The molecule has 1 aromatic carbocycles. The minimum absolute atomic E-state index is 0.0495. The summed E-state index contributed by atoms with van der Waals surface area (Å²) >= 11 is 6.24. The number of hydrogen-bond acceptors (Lipinski definition) is 3. The molecular formula is C28H40ClN3O3. The number of halogens is 1. The monoisotopic (exact) mass is 501 g/mol. The number of ether oxygens (including phenoxy) is 1. The van der Waals surface area contributed by atoms with E-state index in [1.807, 2.05) is 32.9 Å². The van der Waals surface area contributed by atoms with Crippen molar-refractivity contribution in [2.75, 3.05) is 20.1 Å². The molecule has 1 aromatic heterocycles. The number of aromatic nitrogens is 1. The van der Waals surface area contributed by atoms with E-state index in [-0.39, 0.29) is 24.0 Å². The van der Waals surface area contributed by atoms with Crippen molar-refractivity contribution in [3.8, 4) is 0 Å². The first-order valence-electron chi connectivity index (χ1n) is 13.0. The molecule has 2 aliphatic rings. The number of nitrogens with one attached hydrogen (secondary N) is 1. The lowest BCUT2D eigenvalue weighted by atomic mass is 9.80. The Balaban J connectivity index is 1.41. The summed E-state index contributed by atoms with van der Waals surface area (Å²) in [5.41, 5.74) is 3.06. The van der Waals surface area contributed by atoms with Gasteiger partial charge in [-0.15, -0.1) is 0 Å². The molecule has 35 heavy (non-hydrogen) atoms. The Morgan fingerprint density at radius 1 is 1.20 bits per heavy atom. The molecule has 4 rings (SSSR count). The van der Waals surface area contributed by atoms with Crippen molar-refractivity contribution >= 4 is 34.5 Å². The van der Waals surface area contributed by atoms with E-state index in [1.165, 1.54) is 16.6 Å². The molecule has 1 saturated carbocycles. The van der Waals surface area contributed by atoms with Crippen LogP contribution in [0, 0.1) is 17.8 Å². The van der Waals surface area contributed by atoms with Gasteiger partial charge in [0.25, 0.3) is 0 Å². The van der Waals surface area contributed by atoms with Gasteiger partial charge in [-0.2, -0.15) is 0 Å². The highest BCUT2D eigenvalue weighted by molar-refractivity contribution is 6.31. The minimum Gasteiger partial charge on any atom is -0.444 e. The normalized spacial score (nSPS) is 22.9. The quantitative estimate of drug-likeness (QED) is 0.514. The first-order chi connectivity index (χ1) is 16.4. The number of nitrogens with zero attached hydrogens (tertiary/aromatic N) is 2. The van der Waals surface area contributed by atoms with Crippen LogP contribution in [0.2, 0.25) is 5.02 Å². The molecule has 7 heteroatoms. The van der Waals surface area contributed by atoms with Gasteiger partial charge in [-0.25, -0.2) is 4.79 Å². The lowest BCUT2D eigenvalue weighted by Gasteiger charge is -2.41. The molecule has 1 unspecified atom stereocenters. The van der Waals surface area contributed by atoms with E-state index >= 15 is 0 Å². The highest BCUT2D eigenvalue weighted by Crippen LogP contribution is 2.41. The van der Waals surface area contributed by atoms with Crippen LogP contribution in [-0.2, 0) is 16.0 Å². The van der Waals surface area contributed by atoms with Crippen LogP contribution >= 0.6 is 11.6 Å².